The summed E-state index contributed by atoms with van der Waals surface area (Å²) in [6.07, 6.45) is 12.4. The van der Waals surface area contributed by atoms with Crippen LogP contribution in [0.25, 0.3) is 0 Å². The summed E-state index contributed by atoms with van der Waals surface area (Å²) in [5.41, 5.74) is 1.39. The van der Waals surface area contributed by atoms with Crippen molar-refractivity contribution in [3.63, 3.8) is 0 Å². The molecule has 1 aliphatic rings. The Morgan fingerprint density at radius 1 is 1.11 bits per heavy atom. The monoisotopic (exact) mass is 244 g/mol. The molecule has 0 spiro atoms. The van der Waals surface area contributed by atoms with Crippen molar-refractivity contribution in [3.05, 3.63) is 42.0 Å². The van der Waals surface area contributed by atoms with Gasteiger partial charge in [-0.25, -0.2) is 0 Å². The molecule has 1 aromatic carbocycles. The molecule has 1 fully saturated rings. The summed E-state index contributed by atoms with van der Waals surface area (Å²) in [6.45, 7) is 2.23. The molecule has 1 N–H and O–H groups in total. The first-order valence-corrected chi connectivity index (χ1v) is 7.25. The first kappa shape index (κ1) is 13.2. The second-order valence-electron chi connectivity index (χ2n) is 5.42. The van der Waals surface area contributed by atoms with Gasteiger partial charge in [0.05, 0.1) is 0 Å². The van der Waals surface area contributed by atoms with E-state index in [1.54, 1.807) is 0 Å². The van der Waals surface area contributed by atoms with Crippen molar-refractivity contribution < 1.29 is 5.11 Å². The highest BCUT2D eigenvalue weighted by Gasteiger charge is 2.20. The summed E-state index contributed by atoms with van der Waals surface area (Å²) in [5.74, 6) is 1.86. The van der Waals surface area contributed by atoms with Crippen LogP contribution in [0.15, 0.2) is 36.4 Å². The molecule has 0 atom stereocenters. The fourth-order valence-corrected chi connectivity index (χ4v) is 2.85. The van der Waals surface area contributed by atoms with Gasteiger partial charge in [-0.2, -0.15) is 0 Å². The van der Waals surface area contributed by atoms with E-state index in [0.717, 1.165) is 5.92 Å². The number of benzene rings is 1. The third kappa shape index (κ3) is 3.63. The molecule has 98 valence electrons. The lowest BCUT2D eigenvalue weighted by Gasteiger charge is -2.27. The molecule has 1 saturated carbocycles. The summed E-state index contributed by atoms with van der Waals surface area (Å²) in [6, 6.07) is 7.77. The molecule has 18 heavy (non-hydrogen) atoms. The third-order valence-electron chi connectivity index (χ3n) is 4.00. The molecule has 0 heterocycles. The Morgan fingerprint density at radius 2 is 1.78 bits per heavy atom. The van der Waals surface area contributed by atoms with Crippen molar-refractivity contribution in [1.82, 2.24) is 0 Å². The Hall–Kier alpha value is -1.24. The lowest BCUT2D eigenvalue weighted by molar-refractivity contribution is 0.375. The van der Waals surface area contributed by atoms with E-state index in [2.05, 4.69) is 31.2 Å². The quantitative estimate of drug-likeness (QED) is 0.737. The van der Waals surface area contributed by atoms with Gasteiger partial charge in [-0.15, -0.1) is 0 Å². The molecule has 0 unspecified atom stereocenters. The molecule has 1 heteroatoms. The van der Waals surface area contributed by atoms with Gasteiger partial charge in [0, 0.05) is 0 Å². The predicted octanol–water partition coefficient (Wildman–Crippen LogP) is 5.02. The van der Waals surface area contributed by atoms with Crippen molar-refractivity contribution in [1.29, 1.82) is 0 Å². The molecule has 2 rings (SSSR count). The first-order valence-electron chi connectivity index (χ1n) is 7.25. The number of rotatable bonds is 4. The average Bonchev–Trinajstić information content (AvgIpc) is 2.41. The average molecular weight is 244 g/mol. The van der Waals surface area contributed by atoms with Crippen molar-refractivity contribution >= 4 is 0 Å². The molecule has 0 aromatic heterocycles. The van der Waals surface area contributed by atoms with E-state index in [0.29, 0.717) is 11.7 Å². The molecule has 0 saturated heterocycles. The zero-order valence-electron chi connectivity index (χ0n) is 11.3. The van der Waals surface area contributed by atoms with Gasteiger partial charge >= 0.3 is 0 Å². The van der Waals surface area contributed by atoms with E-state index >= 15 is 0 Å². The Bertz CT molecular complexity index is 369. The number of phenols is 1. The van der Waals surface area contributed by atoms with Crippen LogP contribution in [0.4, 0.5) is 0 Å². The number of unbranched alkanes of at least 4 members (excludes halogenated alkanes) is 1. The van der Waals surface area contributed by atoms with Gasteiger partial charge in [0.15, 0.2) is 0 Å². The number of aromatic hydroxyl groups is 1. The summed E-state index contributed by atoms with van der Waals surface area (Å²) >= 11 is 0. The van der Waals surface area contributed by atoms with Crippen molar-refractivity contribution in [2.75, 3.05) is 0 Å². The number of hydrogen-bond acceptors (Lipinski definition) is 1. The standard InChI is InChI=1S/C17H24O/c1-2-3-4-5-14-6-8-15(9-7-14)16-10-12-17(18)13-11-16/h4-5,10-15,18H,2-3,6-9H2,1H3/b5-4+/t14-,15-. The Morgan fingerprint density at radius 3 is 2.39 bits per heavy atom. The molecule has 1 aliphatic carbocycles. The fourth-order valence-electron chi connectivity index (χ4n) is 2.85. The topological polar surface area (TPSA) is 20.2 Å². The second-order valence-corrected chi connectivity index (χ2v) is 5.42. The third-order valence-corrected chi connectivity index (χ3v) is 4.00. The molecule has 0 bridgehead atoms. The van der Waals surface area contributed by atoms with Gasteiger partial charge < -0.3 is 5.11 Å². The van der Waals surface area contributed by atoms with Gasteiger partial charge in [0.25, 0.3) is 0 Å². The zero-order chi connectivity index (χ0) is 12.8. The molecule has 1 aromatic rings. The maximum atomic E-state index is 9.31. The van der Waals surface area contributed by atoms with Crippen LogP contribution in [0.1, 0.15) is 56.9 Å². The number of hydrogen-bond donors (Lipinski definition) is 1. The van der Waals surface area contributed by atoms with Crippen LogP contribution in [0, 0.1) is 5.92 Å². The van der Waals surface area contributed by atoms with E-state index in [1.807, 2.05) is 12.1 Å². The molecular formula is C17H24O. The predicted molar refractivity (Wildman–Crippen MR) is 76.9 cm³/mol. The van der Waals surface area contributed by atoms with Crippen LogP contribution in [0.5, 0.6) is 5.75 Å². The van der Waals surface area contributed by atoms with E-state index in [-0.39, 0.29) is 0 Å². The van der Waals surface area contributed by atoms with Gasteiger partial charge in [-0.1, -0.05) is 37.6 Å². The minimum absolute atomic E-state index is 0.370. The van der Waals surface area contributed by atoms with Gasteiger partial charge in [0.1, 0.15) is 5.75 Å². The van der Waals surface area contributed by atoms with Crippen LogP contribution < -0.4 is 0 Å². The zero-order valence-corrected chi connectivity index (χ0v) is 11.3. The second kappa shape index (κ2) is 6.63. The highest BCUT2D eigenvalue weighted by molar-refractivity contribution is 5.28. The van der Waals surface area contributed by atoms with Crippen LogP contribution in [0.2, 0.25) is 0 Å². The van der Waals surface area contributed by atoms with Gasteiger partial charge in [-0.3, -0.25) is 0 Å². The fraction of sp³-hybridized carbons (Fsp3) is 0.529. The van der Waals surface area contributed by atoms with Crippen LogP contribution in [-0.4, -0.2) is 5.11 Å². The van der Waals surface area contributed by atoms with Crippen molar-refractivity contribution in [2.24, 2.45) is 5.92 Å². The molecule has 1 nitrogen and oxygen atoms in total. The summed E-state index contributed by atoms with van der Waals surface area (Å²) in [5, 5.41) is 9.31. The smallest absolute Gasteiger partial charge is 0.115 e. The largest absolute Gasteiger partial charge is 0.508 e. The lowest BCUT2D eigenvalue weighted by Crippen LogP contribution is -2.11. The van der Waals surface area contributed by atoms with Crippen LogP contribution in [0.3, 0.4) is 0 Å². The lowest BCUT2D eigenvalue weighted by atomic mass is 9.78. The summed E-state index contributed by atoms with van der Waals surface area (Å²) < 4.78 is 0. The van der Waals surface area contributed by atoms with E-state index in [4.69, 9.17) is 0 Å². The minimum atomic E-state index is 0.370. The highest BCUT2D eigenvalue weighted by Crippen LogP contribution is 2.36. The summed E-state index contributed by atoms with van der Waals surface area (Å²) in [7, 11) is 0. The molecule has 0 radical (unpaired) electrons. The highest BCUT2D eigenvalue weighted by atomic mass is 16.3. The molecule has 0 aliphatic heterocycles. The van der Waals surface area contributed by atoms with Gasteiger partial charge in [-0.05, 0) is 61.6 Å². The van der Waals surface area contributed by atoms with E-state index in [1.165, 1.54) is 44.1 Å². The SMILES string of the molecule is CCC/C=C/[C@H]1CC[C@H](c2ccc(O)cc2)CC1. The van der Waals surface area contributed by atoms with Crippen LogP contribution in [-0.2, 0) is 0 Å². The Balaban J connectivity index is 1.84. The molecular weight excluding hydrogens is 220 g/mol. The number of allylic oxidation sites excluding steroid dienone is 2. The van der Waals surface area contributed by atoms with E-state index < -0.39 is 0 Å². The maximum Gasteiger partial charge on any atom is 0.115 e. The van der Waals surface area contributed by atoms with Crippen LogP contribution >= 0.6 is 0 Å². The number of phenolic OH excluding ortho intramolecular Hbond substituents is 1. The van der Waals surface area contributed by atoms with Crippen molar-refractivity contribution in [3.8, 4) is 5.75 Å². The first-order chi connectivity index (χ1) is 8.79. The van der Waals surface area contributed by atoms with Crippen molar-refractivity contribution in [2.45, 2.75) is 51.4 Å². The Kier molecular flexibility index (Phi) is 4.86. The van der Waals surface area contributed by atoms with E-state index in [9.17, 15) is 5.11 Å². The molecule has 0 amide bonds. The van der Waals surface area contributed by atoms with Gasteiger partial charge in [0.2, 0.25) is 0 Å². The minimum Gasteiger partial charge on any atom is -0.508 e. The Labute approximate surface area is 111 Å². The maximum absolute atomic E-state index is 9.31. The summed E-state index contributed by atoms with van der Waals surface area (Å²) in [4.78, 5) is 0. The normalized spacial score (nSPS) is 24.5.